The van der Waals surface area contributed by atoms with Crippen molar-refractivity contribution in [2.45, 2.75) is 39.7 Å². The number of urea groups is 1. The highest BCUT2D eigenvalue weighted by atomic mass is 16.2. The van der Waals surface area contributed by atoms with Crippen molar-refractivity contribution in [1.29, 1.82) is 0 Å². The highest BCUT2D eigenvalue weighted by Gasteiger charge is 2.24. The van der Waals surface area contributed by atoms with E-state index in [4.69, 9.17) is 0 Å². The summed E-state index contributed by atoms with van der Waals surface area (Å²) in [5.41, 5.74) is 0.678. The molecule has 0 unspecified atom stereocenters. The lowest BCUT2D eigenvalue weighted by molar-refractivity contribution is -0.119. The van der Waals surface area contributed by atoms with Gasteiger partial charge in [0, 0.05) is 39.1 Å². The molecule has 2 N–H and O–H groups in total. The van der Waals surface area contributed by atoms with Crippen LogP contribution in [0, 0.1) is 0 Å². The Morgan fingerprint density at radius 1 is 1.33 bits per heavy atom. The minimum absolute atomic E-state index is 0.0326. The second-order valence-corrected chi connectivity index (χ2v) is 5.99. The quantitative estimate of drug-likeness (QED) is 0.865. The van der Waals surface area contributed by atoms with Crippen molar-refractivity contribution in [3.05, 3.63) is 18.3 Å². The number of pyridine rings is 1. The van der Waals surface area contributed by atoms with E-state index in [1.807, 2.05) is 12.1 Å². The van der Waals surface area contributed by atoms with Crippen LogP contribution in [0.1, 0.15) is 33.6 Å². The number of piperidine rings is 1. The first-order chi connectivity index (χ1) is 11.5. The standard InChI is InChI=1S/C17H27N5O2/c1-4-21(5-2)16-9-8-14(11-18-16)20-17(24)22-10-6-7-15(12-22)19-13(3)23/h8-9,11,15H,4-7,10,12H2,1-3H3,(H,19,23)(H,20,24)/t15-/m1/s1. The predicted octanol–water partition coefficient (Wildman–Crippen LogP) is 2.06. The average Bonchev–Trinajstić information content (AvgIpc) is 2.57. The maximum absolute atomic E-state index is 12.4. The van der Waals surface area contributed by atoms with Crippen molar-refractivity contribution in [3.63, 3.8) is 0 Å². The molecular weight excluding hydrogens is 306 g/mol. The van der Waals surface area contributed by atoms with E-state index in [9.17, 15) is 9.59 Å². The minimum Gasteiger partial charge on any atom is -0.357 e. The Hall–Kier alpha value is -2.31. The van der Waals surface area contributed by atoms with Gasteiger partial charge >= 0.3 is 6.03 Å². The topological polar surface area (TPSA) is 77.6 Å². The first-order valence-electron chi connectivity index (χ1n) is 8.57. The Morgan fingerprint density at radius 3 is 2.67 bits per heavy atom. The lowest BCUT2D eigenvalue weighted by Gasteiger charge is -2.33. The highest BCUT2D eigenvalue weighted by Crippen LogP contribution is 2.16. The van der Waals surface area contributed by atoms with Gasteiger partial charge in [-0.05, 0) is 38.8 Å². The molecule has 1 aromatic heterocycles. The van der Waals surface area contributed by atoms with Crippen molar-refractivity contribution >= 4 is 23.4 Å². The predicted molar refractivity (Wildman–Crippen MR) is 95.2 cm³/mol. The van der Waals surface area contributed by atoms with Gasteiger partial charge in [-0.1, -0.05) is 0 Å². The maximum Gasteiger partial charge on any atom is 0.321 e. The number of hydrogen-bond acceptors (Lipinski definition) is 4. The number of aromatic nitrogens is 1. The van der Waals surface area contributed by atoms with Crippen LogP contribution >= 0.6 is 0 Å². The van der Waals surface area contributed by atoms with Gasteiger partial charge < -0.3 is 20.4 Å². The fourth-order valence-electron chi connectivity index (χ4n) is 2.96. The number of hydrogen-bond donors (Lipinski definition) is 2. The first kappa shape index (κ1) is 18.0. The van der Waals surface area contributed by atoms with Gasteiger partial charge in [0.1, 0.15) is 5.82 Å². The van der Waals surface area contributed by atoms with Crippen LogP contribution in [0.5, 0.6) is 0 Å². The van der Waals surface area contributed by atoms with Crippen LogP contribution in [0.25, 0.3) is 0 Å². The Bertz CT molecular complexity index is 557. The van der Waals surface area contributed by atoms with E-state index in [1.54, 1.807) is 11.1 Å². The van der Waals surface area contributed by atoms with E-state index < -0.39 is 0 Å². The van der Waals surface area contributed by atoms with Crippen molar-refractivity contribution in [2.75, 3.05) is 36.4 Å². The van der Waals surface area contributed by atoms with Crippen LogP contribution in [-0.4, -0.2) is 54.0 Å². The monoisotopic (exact) mass is 333 g/mol. The lowest BCUT2D eigenvalue weighted by Crippen LogP contribution is -2.50. The van der Waals surface area contributed by atoms with E-state index in [2.05, 4.69) is 34.4 Å². The number of nitrogens with zero attached hydrogens (tertiary/aromatic N) is 3. The molecule has 24 heavy (non-hydrogen) atoms. The summed E-state index contributed by atoms with van der Waals surface area (Å²) in [4.78, 5) is 31.9. The van der Waals surface area contributed by atoms with Gasteiger partial charge in [-0.3, -0.25) is 4.79 Å². The van der Waals surface area contributed by atoms with Gasteiger partial charge in [0.2, 0.25) is 5.91 Å². The fourth-order valence-corrected chi connectivity index (χ4v) is 2.96. The zero-order chi connectivity index (χ0) is 17.5. The molecule has 7 heteroatoms. The van der Waals surface area contributed by atoms with Gasteiger partial charge in [-0.25, -0.2) is 9.78 Å². The summed E-state index contributed by atoms with van der Waals surface area (Å²) in [6.07, 6.45) is 3.47. The number of nitrogens with one attached hydrogen (secondary N) is 2. The van der Waals surface area contributed by atoms with Crippen LogP contribution in [0.2, 0.25) is 0 Å². The zero-order valence-corrected chi connectivity index (χ0v) is 14.7. The van der Waals surface area contributed by atoms with Gasteiger partial charge in [0.05, 0.1) is 11.9 Å². The molecule has 0 radical (unpaired) electrons. The number of rotatable bonds is 5. The Balaban J connectivity index is 1.92. The summed E-state index contributed by atoms with van der Waals surface area (Å²) < 4.78 is 0. The van der Waals surface area contributed by atoms with Crippen LogP contribution < -0.4 is 15.5 Å². The summed E-state index contributed by atoms with van der Waals surface area (Å²) in [5, 5.41) is 5.77. The van der Waals surface area contributed by atoms with E-state index in [0.29, 0.717) is 18.8 Å². The van der Waals surface area contributed by atoms with Crippen molar-refractivity contribution < 1.29 is 9.59 Å². The molecule has 1 fully saturated rings. The van der Waals surface area contributed by atoms with E-state index >= 15 is 0 Å². The number of amides is 3. The van der Waals surface area contributed by atoms with Gasteiger partial charge in [-0.2, -0.15) is 0 Å². The molecule has 7 nitrogen and oxygen atoms in total. The zero-order valence-electron chi connectivity index (χ0n) is 14.7. The summed E-state index contributed by atoms with van der Waals surface area (Å²) in [5.74, 6) is 0.847. The maximum atomic E-state index is 12.4. The normalized spacial score (nSPS) is 17.3. The molecule has 2 heterocycles. The van der Waals surface area contributed by atoms with E-state index in [-0.39, 0.29) is 18.0 Å². The molecule has 1 atom stereocenters. The van der Waals surface area contributed by atoms with Gasteiger partial charge in [-0.15, -0.1) is 0 Å². The molecule has 0 aromatic carbocycles. The van der Waals surface area contributed by atoms with Gasteiger partial charge in [0.15, 0.2) is 0 Å². The third-order valence-corrected chi connectivity index (χ3v) is 4.20. The summed E-state index contributed by atoms with van der Waals surface area (Å²) in [6, 6.07) is 3.67. The van der Waals surface area contributed by atoms with Crippen LogP contribution in [0.4, 0.5) is 16.3 Å². The third-order valence-electron chi connectivity index (χ3n) is 4.20. The molecule has 1 aliphatic rings. The molecule has 0 spiro atoms. The largest absolute Gasteiger partial charge is 0.357 e. The number of anilines is 2. The molecule has 0 aliphatic carbocycles. The number of carbonyl (C=O) groups excluding carboxylic acids is 2. The van der Waals surface area contributed by atoms with E-state index in [0.717, 1.165) is 31.7 Å². The molecule has 1 aromatic rings. The lowest BCUT2D eigenvalue weighted by atomic mass is 10.1. The van der Waals surface area contributed by atoms with Gasteiger partial charge in [0.25, 0.3) is 0 Å². The Kier molecular flexibility index (Phi) is 6.40. The average molecular weight is 333 g/mol. The van der Waals surface area contributed by atoms with E-state index in [1.165, 1.54) is 6.92 Å². The Labute approximate surface area is 143 Å². The van der Waals surface area contributed by atoms with Crippen molar-refractivity contribution in [1.82, 2.24) is 15.2 Å². The summed E-state index contributed by atoms with van der Waals surface area (Å²) >= 11 is 0. The molecule has 3 amide bonds. The minimum atomic E-state index is -0.151. The second-order valence-electron chi connectivity index (χ2n) is 5.99. The SMILES string of the molecule is CCN(CC)c1ccc(NC(=O)N2CCC[C@@H](NC(C)=O)C2)cn1. The smallest absolute Gasteiger partial charge is 0.321 e. The molecule has 1 saturated heterocycles. The highest BCUT2D eigenvalue weighted by molar-refractivity contribution is 5.89. The summed E-state index contributed by atoms with van der Waals surface area (Å²) in [6.45, 7) is 8.71. The molecular formula is C17H27N5O2. The molecule has 1 aliphatic heterocycles. The van der Waals surface area contributed by atoms with Crippen LogP contribution in [0.15, 0.2) is 18.3 Å². The molecule has 2 rings (SSSR count). The number of likely N-dealkylation sites (tertiary alicyclic amines) is 1. The third kappa shape index (κ3) is 4.84. The second kappa shape index (κ2) is 8.52. The molecule has 0 bridgehead atoms. The Morgan fingerprint density at radius 2 is 2.08 bits per heavy atom. The van der Waals surface area contributed by atoms with Crippen LogP contribution in [-0.2, 0) is 4.79 Å². The van der Waals surface area contributed by atoms with Crippen LogP contribution in [0.3, 0.4) is 0 Å². The first-order valence-corrected chi connectivity index (χ1v) is 8.57. The molecule has 0 saturated carbocycles. The molecule has 132 valence electrons. The summed E-state index contributed by atoms with van der Waals surface area (Å²) in [7, 11) is 0. The van der Waals surface area contributed by atoms with Crippen molar-refractivity contribution in [3.8, 4) is 0 Å². The fraction of sp³-hybridized carbons (Fsp3) is 0.588. The van der Waals surface area contributed by atoms with Crippen molar-refractivity contribution in [2.24, 2.45) is 0 Å². The number of carbonyl (C=O) groups is 2.